The lowest BCUT2D eigenvalue weighted by Crippen LogP contribution is -2.40. The van der Waals surface area contributed by atoms with Gasteiger partial charge in [0, 0.05) is 0 Å². The SMILES string of the molecule is CCCCCCCCCCCCCCc1ccc(S(=O)(=O)N(C(N)=O)c2ccc(Cc3ccc(N(C(N)=O)S(=O)(=O)c4ccc(CCCCCCCCCCCCCC)cc4)cc3)cc2)cc1. The third-order valence-corrected chi connectivity index (χ3v) is 16.2. The van der Waals surface area contributed by atoms with Crippen molar-refractivity contribution in [2.24, 2.45) is 11.5 Å². The van der Waals surface area contributed by atoms with Crippen molar-refractivity contribution in [2.45, 2.75) is 197 Å². The summed E-state index contributed by atoms with van der Waals surface area (Å²) in [6, 6.07) is 24.0. The quantitative estimate of drug-likeness (QED) is 0.0443. The Morgan fingerprint density at radius 2 is 0.597 bits per heavy atom. The van der Waals surface area contributed by atoms with Gasteiger partial charge in [-0.2, -0.15) is 8.61 Å². The lowest BCUT2D eigenvalue weighted by molar-refractivity contribution is 0.256. The van der Waals surface area contributed by atoms with Gasteiger partial charge in [-0.1, -0.05) is 204 Å². The molecule has 67 heavy (non-hydrogen) atoms. The molecule has 0 radical (unpaired) electrons. The van der Waals surface area contributed by atoms with Crippen LogP contribution in [-0.4, -0.2) is 28.9 Å². The summed E-state index contributed by atoms with van der Waals surface area (Å²) < 4.78 is 56.0. The molecule has 0 spiro atoms. The number of rotatable bonds is 34. The average molecular weight is 957 g/mol. The van der Waals surface area contributed by atoms with Gasteiger partial charge in [-0.25, -0.2) is 26.4 Å². The second-order valence-electron chi connectivity index (χ2n) is 18.3. The number of sulfonamides is 2. The van der Waals surface area contributed by atoms with Crippen molar-refractivity contribution in [3.05, 3.63) is 119 Å². The molecule has 0 aliphatic rings. The zero-order chi connectivity index (χ0) is 48.3. The Labute approximate surface area is 404 Å². The Morgan fingerprint density at radius 1 is 0.358 bits per heavy atom. The number of aryl methyl sites for hydroxylation is 2. The first-order chi connectivity index (χ1) is 32.4. The number of anilines is 2. The van der Waals surface area contributed by atoms with E-state index in [2.05, 4.69) is 13.8 Å². The predicted molar refractivity (Wildman–Crippen MR) is 277 cm³/mol. The standard InChI is InChI=1S/C55H80N4O6S2/c1-3-5-7-9-11-13-15-17-19-21-23-25-27-46-33-41-52(42-34-46)66(62,63)58(54(56)60)50-37-29-48(30-38-50)45-49-31-39-51(40-32-49)59(55(57)61)67(64,65)53-43-35-47(36-44-53)28-26-24-22-20-18-16-14-12-10-8-6-4-2/h29-44H,3-28,45H2,1-2H3,(H2,56,60)(H2,57,61). The van der Waals surface area contributed by atoms with E-state index < -0.39 is 32.1 Å². The molecule has 0 bridgehead atoms. The van der Waals surface area contributed by atoms with Crippen molar-refractivity contribution < 1.29 is 26.4 Å². The van der Waals surface area contributed by atoms with E-state index in [4.69, 9.17) is 11.5 Å². The highest BCUT2D eigenvalue weighted by atomic mass is 32.2. The maximum Gasteiger partial charge on any atom is 0.333 e. The Kier molecular flexibility index (Phi) is 24.5. The Bertz CT molecular complexity index is 2090. The van der Waals surface area contributed by atoms with E-state index >= 15 is 0 Å². The summed E-state index contributed by atoms with van der Waals surface area (Å²) in [4.78, 5) is 25.2. The van der Waals surface area contributed by atoms with Crippen LogP contribution in [-0.2, 0) is 39.3 Å². The summed E-state index contributed by atoms with van der Waals surface area (Å²) in [5.74, 6) is 0. The van der Waals surface area contributed by atoms with Crippen LogP contribution in [0.4, 0.5) is 21.0 Å². The highest BCUT2D eigenvalue weighted by Gasteiger charge is 2.31. The van der Waals surface area contributed by atoms with Gasteiger partial charge in [-0.3, -0.25) is 0 Å². The molecule has 0 aliphatic carbocycles. The number of unbranched alkanes of at least 4 members (excludes halogenated alkanes) is 22. The van der Waals surface area contributed by atoms with Gasteiger partial charge >= 0.3 is 12.1 Å². The smallest absolute Gasteiger partial charge is 0.333 e. The van der Waals surface area contributed by atoms with E-state index in [-0.39, 0.29) is 21.2 Å². The van der Waals surface area contributed by atoms with Crippen LogP contribution in [0.1, 0.15) is 190 Å². The van der Waals surface area contributed by atoms with Crippen LogP contribution >= 0.6 is 0 Å². The number of nitrogens with two attached hydrogens (primary N) is 2. The normalized spacial score (nSPS) is 11.7. The number of benzene rings is 4. The lowest BCUT2D eigenvalue weighted by Gasteiger charge is -2.21. The largest absolute Gasteiger partial charge is 0.350 e. The predicted octanol–water partition coefficient (Wildman–Crippen LogP) is 14.3. The van der Waals surface area contributed by atoms with Crippen molar-refractivity contribution in [3.8, 4) is 0 Å². The van der Waals surface area contributed by atoms with Crippen molar-refractivity contribution >= 4 is 43.5 Å². The van der Waals surface area contributed by atoms with Crippen LogP contribution in [0.25, 0.3) is 0 Å². The van der Waals surface area contributed by atoms with Gasteiger partial charge in [-0.15, -0.1) is 0 Å². The summed E-state index contributed by atoms with van der Waals surface area (Å²) in [6.07, 6.45) is 32.7. The summed E-state index contributed by atoms with van der Waals surface area (Å²) in [6.45, 7) is 4.49. The molecule has 0 aliphatic heterocycles. The fourth-order valence-electron chi connectivity index (χ4n) is 8.71. The molecule has 12 heteroatoms. The van der Waals surface area contributed by atoms with E-state index in [1.807, 2.05) is 0 Å². The van der Waals surface area contributed by atoms with Gasteiger partial charge < -0.3 is 11.5 Å². The Morgan fingerprint density at radius 3 is 0.851 bits per heavy atom. The Balaban J connectivity index is 1.25. The molecule has 4 N–H and O–H groups in total. The van der Waals surface area contributed by atoms with Crippen molar-refractivity contribution in [1.29, 1.82) is 0 Å². The summed E-state index contributed by atoms with van der Waals surface area (Å²) in [5, 5.41) is 0. The number of nitrogens with zero attached hydrogens (tertiary/aromatic N) is 2. The molecule has 4 amide bonds. The van der Waals surface area contributed by atoms with Gasteiger partial charge in [0.1, 0.15) is 0 Å². The van der Waals surface area contributed by atoms with Crippen molar-refractivity contribution in [1.82, 2.24) is 0 Å². The van der Waals surface area contributed by atoms with Crippen LogP contribution in [0.2, 0.25) is 0 Å². The lowest BCUT2D eigenvalue weighted by atomic mass is 10.0. The average Bonchev–Trinajstić information content (AvgIpc) is 3.31. The first kappa shape index (κ1) is 54.9. The number of amides is 4. The van der Waals surface area contributed by atoms with E-state index in [1.54, 1.807) is 48.5 Å². The monoisotopic (exact) mass is 957 g/mol. The molecular weight excluding hydrogens is 877 g/mol. The highest BCUT2D eigenvalue weighted by Crippen LogP contribution is 2.28. The number of carbonyl (C=O) groups is 2. The van der Waals surface area contributed by atoms with Gasteiger partial charge in [0.15, 0.2) is 0 Å². The number of urea groups is 2. The van der Waals surface area contributed by atoms with E-state index in [0.29, 0.717) is 15.0 Å². The first-order valence-electron chi connectivity index (χ1n) is 25.4. The number of hydrogen-bond donors (Lipinski definition) is 2. The maximum absolute atomic E-state index is 13.7. The second kappa shape index (κ2) is 29.9. The van der Waals surface area contributed by atoms with Crippen LogP contribution in [0, 0.1) is 0 Å². The van der Waals surface area contributed by atoms with Crippen molar-refractivity contribution in [3.63, 3.8) is 0 Å². The minimum absolute atomic E-state index is 0.0250. The molecule has 0 fully saturated rings. The number of hydrogen-bond acceptors (Lipinski definition) is 6. The topological polar surface area (TPSA) is 161 Å². The van der Waals surface area contributed by atoms with Crippen LogP contribution in [0.15, 0.2) is 107 Å². The molecule has 0 saturated heterocycles. The first-order valence-corrected chi connectivity index (χ1v) is 28.3. The fraction of sp³-hybridized carbons (Fsp3) is 0.527. The van der Waals surface area contributed by atoms with Crippen LogP contribution in [0.5, 0.6) is 0 Å². The second-order valence-corrected chi connectivity index (χ2v) is 21.9. The molecule has 0 atom stereocenters. The molecule has 0 aromatic heterocycles. The van der Waals surface area contributed by atoms with E-state index in [0.717, 1.165) is 60.8 Å². The minimum Gasteiger partial charge on any atom is -0.350 e. The molecule has 0 saturated carbocycles. The number of carbonyl (C=O) groups excluding carboxylic acids is 2. The molecule has 4 aromatic carbocycles. The summed E-state index contributed by atoms with van der Waals surface area (Å²) in [5.41, 5.74) is 15.2. The molecule has 0 heterocycles. The van der Waals surface area contributed by atoms with E-state index in [9.17, 15) is 26.4 Å². The van der Waals surface area contributed by atoms with E-state index in [1.165, 1.54) is 177 Å². The minimum atomic E-state index is -4.29. The summed E-state index contributed by atoms with van der Waals surface area (Å²) >= 11 is 0. The van der Waals surface area contributed by atoms with Gasteiger partial charge in [0.25, 0.3) is 20.0 Å². The zero-order valence-electron chi connectivity index (χ0n) is 40.6. The molecule has 10 nitrogen and oxygen atoms in total. The molecule has 4 rings (SSSR count). The van der Waals surface area contributed by atoms with Crippen LogP contribution < -0.4 is 20.1 Å². The Hall–Kier alpha value is -4.68. The molecule has 4 aromatic rings. The zero-order valence-corrected chi connectivity index (χ0v) is 42.3. The molecular formula is C55H80N4O6S2. The van der Waals surface area contributed by atoms with Crippen molar-refractivity contribution in [2.75, 3.05) is 8.61 Å². The third-order valence-electron chi connectivity index (χ3n) is 12.7. The fourth-order valence-corrected chi connectivity index (χ4v) is 11.4. The molecule has 368 valence electrons. The van der Waals surface area contributed by atoms with Gasteiger partial charge in [0.2, 0.25) is 0 Å². The highest BCUT2D eigenvalue weighted by molar-refractivity contribution is 7.94. The van der Waals surface area contributed by atoms with Gasteiger partial charge in [0.05, 0.1) is 21.2 Å². The summed E-state index contributed by atoms with van der Waals surface area (Å²) in [7, 11) is -8.58. The third kappa shape index (κ3) is 18.7. The van der Waals surface area contributed by atoms with Gasteiger partial charge in [-0.05, 0) is 103 Å². The number of primary amides is 2. The maximum atomic E-state index is 13.7. The van der Waals surface area contributed by atoms with Crippen LogP contribution in [0.3, 0.4) is 0 Å². The molecule has 0 unspecified atom stereocenters.